The maximum Gasteiger partial charge on any atom is 0.321 e. The van der Waals surface area contributed by atoms with E-state index in [1.165, 1.54) is 0 Å². The summed E-state index contributed by atoms with van der Waals surface area (Å²) in [6, 6.07) is 17.1. The summed E-state index contributed by atoms with van der Waals surface area (Å²) in [4.78, 5) is 14.1. The molecule has 1 aliphatic rings. The molecule has 0 saturated carbocycles. The molecule has 1 atom stereocenters. The quantitative estimate of drug-likeness (QED) is 0.887. The second-order valence-corrected chi connectivity index (χ2v) is 5.97. The first kappa shape index (κ1) is 16.3. The molecule has 0 bridgehead atoms. The van der Waals surface area contributed by atoms with Gasteiger partial charge in [-0.15, -0.1) is 0 Å². The molecule has 5 heteroatoms. The largest absolute Gasteiger partial charge is 0.489 e. The highest BCUT2D eigenvalue weighted by atomic mass is 16.5. The second-order valence-electron chi connectivity index (χ2n) is 5.97. The van der Waals surface area contributed by atoms with Gasteiger partial charge in [-0.05, 0) is 24.6 Å². The van der Waals surface area contributed by atoms with Gasteiger partial charge in [0.05, 0.1) is 0 Å². The van der Waals surface area contributed by atoms with Crippen LogP contribution in [0, 0.1) is 5.92 Å². The van der Waals surface area contributed by atoms with Gasteiger partial charge < -0.3 is 20.1 Å². The average Bonchev–Trinajstić information content (AvgIpc) is 3.11. The van der Waals surface area contributed by atoms with E-state index in [4.69, 9.17) is 4.74 Å². The van der Waals surface area contributed by atoms with Crippen molar-refractivity contribution in [2.75, 3.05) is 25.0 Å². The number of carbonyl (C=O) groups is 1. The lowest BCUT2D eigenvalue weighted by atomic mass is 10.1. The molecule has 5 nitrogen and oxygen atoms in total. The van der Waals surface area contributed by atoms with Gasteiger partial charge in [-0.25, -0.2) is 4.79 Å². The van der Waals surface area contributed by atoms with Crippen LogP contribution in [0.4, 0.5) is 10.5 Å². The van der Waals surface area contributed by atoms with Gasteiger partial charge in [0.2, 0.25) is 0 Å². The minimum atomic E-state index is -0.127. The van der Waals surface area contributed by atoms with E-state index >= 15 is 0 Å². The maximum absolute atomic E-state index is 12.4. The Balaban J connectivity index is 1.62. The van der Waals surface area contributed by atoms with Crippen molar-refractivity contribution in [1.29, 1.82) is 0 Å². The van der Waals surface area contributed by atoms with Crippen LogP contribution in [0.15, 0.2) is 54.6 Å². The second kappa shape index (κ2) is 7.84. The molecule has 1 unspecified atom stereocenters. The van der Waals surface area contributed by atoms with Gasteiger partial charge in [-0.1, -0.05) is 36.4 Å². The summed E-state index contributed by atoms with van der Waals surface area (Å²) in [5.41, 5.74) is 1.68. The first-order chi connectivity index (χ1) is 11.8. The molecular formula is C19H22N2O3. The monoisotopic (exact) mass is 326 g/mol. The molecule has 1 aliphatic heterocycles. The fourth-order valence-electron chi connectivity index (χ4n) is 2.81. The summed E-state index contributed by atoms with van der Waals surface area (Å²) in [5, 5.41) is 12.2. The summed E-state index contributed by atoms with van der Waals surface area (Å²) in [6.07, 6.45) is 0.850. The van der Waals surface area contributed by atoms with Gasteiger partial charge in [-0.3, -0.25) is 0 Å². The number of nitrogens with one attached hydrogen (secondary N) is 1. The predicted molar refractivity (Wildman–Crippen MR) is 93.0 cm³/mol. The van der Waals surface area contributed by atoms with E-state index in [1.54, 1.807) is 4.90 Å². The maximum atomic E-state index is 12.4. The number of hydrogen-bond donors (Lipinski definition) is 2. The molecule has 0 aliphatic carbocycles. The van der Waals surface area contributed by atoms with Crippen molar-refractivity contribution in [2.24, 2.45) is 5.92 Å². The van der Waals surface area contributed by atoms with Crippen molar-refractivity contribution in [1.82, 2.24) is 4.90 Å². The number of amides is 2. The van der Waals surface area contributed by atoms with E-state index in [1.807, 2.05) is 54.6 Å². The minimum Gasteiger partial charge on any atom is -0.489 e. The van der Waals surface area contributed by atoms with Crippen LogP contribution >= 0.6 is 0 Å². The molecule has 24 heavy (non-hydrogen) atoms. The van der Waals surface area contributed by atoms with Crippen molar-refractivity contribution in [2.45, 2.75) is 13.0 Å². The van der Waals surface area contributed by atoms with Gasteiger partial charge >= 0.3 is 6.03 Å². The SMILES string of the molecule is O=C(Nc1ccccc1COc1ccccc1)N1CCC(CO)C1. The van der Waals surface area contributed by atoms with Crippen LogP contribution < -0.4 is 10.1 Å². The van der Waals surface area contributed by atoms with Gasteiger partial charge in [-0.2, -0.15) is 0 Å². The van der Waals surface area contributed by atoms with Crippen LogP contribution in [0.2, 0.25) is 0 Å². The number of nitrogens with zero attached hydrogens (tertiary/aromatic N) is 1. The van der Waals surface area contributed by atoms with Crippen molar-refractivity contribution in [3.63, 3.8) is 0 Å². The molecule has 126 valence electrons. The number of ether oxygens (including phenoxy) is 1. The van der Waals surface area contributed by atoms with Crippen LogP contribution in [-0.4, -0.2) is 35.7 Å². The van der Waals surface area contributed by atoms with Gasteiger partial charge in [0.1, 0.15) is 12.4 Å². The standard InChI is InChI=1S/C19H22N2O3/c22-13-15-10-11-21(12-15)19(23)20-18-9-5-4-6-16(18)14-24-17-7-2-1-3-8-17/h1-9,15,22H,10-14H2,(H,20,23). The molecule has 0 spiro atoms. The molecule has 1 saturated heterocycles. The summed E-state index contributed by atoms with van der Waals surface area (Å²) in [7, 11) is 0. The smallest absolute Gasteiger partial charge is 0.321 e. The molecule has 0 aromatic heterocycles. The number of benzene rings is 2. The van der Waals surface area contributed by atoms with E-state index in [-0.39, 0.29) is 18.6 Å². The highest BCUT2D eigenvalue weighted by Gasteiger charge is 2.25. The van der Waals surface area contributed by atoms with E-state index in [2.05, 4.69) is 5.32 Å². The number of carbonyl (C=O) groups excluding carboxylic acids is 1. The van der Waals surface area contributed by atoms with Gasteiger partial charge in [0.15, 0.2) is 0 Å². The predicted octanol–water partition coefficient (Wildman–Crippen LogP) is 3.11. The van der Waals surface area contributed by atoms with Gasteiger partial charge in [0, 0.05) is 36.9 Å². The van der Waals surface area contributed by atoms with Crippen LogP contribution in [-0.2, 0) is 6.61 Å². The fourth-order valence-corrected chi connectivity index (χ4v) is 2.81. The molecule has 2 N–H and O–H groups in total. The Morgan fingerprint density at radius 2 is 1.92 bits per heavy atom. The Morgan fingerprint density at radius 3 is 2.67 bits per heavy atom. The molecule has 1 heterocycles. The fraction of sp³-hybridized carbons (Fsp3) is 0.316. The zero-order valence-electron chi connectivity index (χ0n) is 13.5. The number of aliphatic hydroxyl groups is 1. The van der Waals surface area contributed by atoms with E-state index in [9.17, 15) is 9.90 Å². The number of rotatable bonds is 5. The van der Waals surface area contributed by atoms with Crippen molar-refractivity contribution >= 4 is 11.7 Å². The molecule has 3 rings (SSSR count). The Hall–Kier alpha value is -2.53. The molecule has 2 aromatic carbocycles. The number of anilines is 1. The highest BCUT2D eigenvalue weighted by Crippen LogP contribution is 2.21. The molecule has 1 fully saturated rings. The molecule has 2 aromatic rings. The Morgan fingerprint density at radius 1 is 1.17 bits per heavy atom. The summed E-state index contributed by atoms with van der Waals surface area (Å²) in [6.45, 7) is 1.80. The third-order valence-electron chi connectivity index (χ3n) is 4.23. The Labute approximate surface area is 141 Å². The summed E-state index contributed by atoms with van der Waals surface area (Å²) in [5.74, 6) is 0.983. The molecule has 0 radical (unpaired) electrons. The average molecular weight is 326 g/mol. The van der Waals surface area contributed by atoms with Crippen molar-refractivity contribution in [3.05, 3.63) is 60.2 Å². The Kier molecular flexibility index (Phi) is 5.33. The first-order valence-corrected chi connectivity index (χ1v) is 8.19. The minimum absolute atomic E-state index is 0.127. The summed E-state index contributed by atoms with van der Waals surface area (Å²) >= 11 is 0. The number of aliphatic hydroxyl groups excluding tert-OH is 1. The number of hydrogen-bond acceptors (Lipinski definition) is 3. The van der Waals surface area contributed by atoms with Crippen LogP contribution in [0.5, 0.6) is 5.75 Å². The lowest BCUT2D eigenvalue weighted by Gasteiger charge is -2.19. The molecule has 2 amide bonds. The number of para-hydroxylation sites is 2. The lowest BCUT2D eigenvalue weighted by Crippen LogP contribution is -2.33. The van der Waals surface area contributed by atoms with E-state index < -0.39 is 0 Å². The Bertz CT molecular complexity index is 675. The lowest BCUT2D eigenvalue weighted by molar-refractivity contribution is 0.208. The van der Waals surface area contributed by atoms with Crippen LogP contribution in [0.3, 0.4) is 0 Å². The number of likely N-dealkylation sites (tertiary alicyclic amines) is 1. The zero-order chi connectivity index (χ0) is 16.8. The topological polar surface area (TPSA) is 61.8 Å². The van der Waals surface area contributed by atoms with Crippen molar-refractivity contribution in [3.8, 4) is 5.75 Å². The number of urea groups is 1. The van der Waals surface area contributed by atoms with Crippen LogP contribution in [0.25, 0.3) is 0 Å². The third kappa shape index (κ3) is 4.06. The highest BCUT2D eigenvalue weighted by molar-refractivity contribution is 5.90. The molecular weight excluding hydrogens is 304 g/mol. The summed E-state index contributed by atoms with van der Waals surface area (Å²) < 4.78 is 5.78. The van der Waals surface area contributed by atoms with Crippen LogP contribution in [0.1, 0.15) is 12.0 Å². The normalized spacial score (nSPS) is 16.9. The van der Waals surface area contributed by atoms with Crippen molar-refractivity contribution < 1.29 is 14.6 Å². The van der Waals surface area contributed by atoms with E-state index in [0.29, 0.717) is 19.7 Å². The van der Waals surface area contributed by atoms with Gasteiger partial charge in [0.25, 0.3) is 0 Å². The first-order valence-electron chi connectivity index (χ1n) is 8.19. The third-order valence-corrected chi connectivity index (χ3v) is 4.23. The zero-order valence-corrected chi connectivity index (χ0v) is 13.5. The van der Waals surface area contributed by atoms with E-state index in [0.717, 1.165) is 23.4 Å².